The summed E-state index contributed by atoms with van der Waals surface area (Å²) in [6, 6.07) is 27.1. The van der Waals surface area contributed by atoms with E-state index in [9.17, 15) is 14.4 Å². The maximum Gasteiger partial charge on any atom is 0.187 e. The van der Waals surface area contributed by atoms with Crippen LogP contribution in [-0.4, -0.2) is 34.6 Å². The molecule has 2 heterocycles. The topological polar surface area (TPSA) is 66.8 Å². The van der Waals surface area contributed by atoms with Gasteiger partial charge in [-0.3, -0.25) is 19.4 Å². The van der Waals surface area contributed by atoms with Gasteiger partial charge >= 0.3 is 0 Å². The molecule has 1 aliphatic carbocycles. The molecule has 0 amide bonds. The van der Waals surface area contributed by atoms with E-state index in [2.05, 4.69) is 15.9 Å². The lowest BCUT2D eigenvalue weighted by atomic mass is 9.63. The first-order chi connectivity index (χ1) is 18.9. The molecule has 3 atom stereocenters. The van der Waals surface area contributed by atoms with Crippen molar-refractivity contribution in [1.29, 1.82) is 0 Å². The van der Waals surface area contributed by atoms with Gasteiger partial charge in [0.2, 0.25) is 0 Å². The Labute approximate surface area is 238 Å². The molecule has 4 aromatic carbocycles. The van der Waals surface area contributed by atoms with Gasteiger partial charge in [0.15, 0.2) is 17.3 Å². The molecule has 0 saturated carbocycles. The Morgan fingerprint density at radius 2 is 1.44 bits per heavy atom. The zero-order chi connectivity index (χ0) is 26.9. The summed E-state index contributed by atoms with van der Waals surface area (Å²) in [5.41, 5.74) is 1.97. The summed E-state index contributed by atoms with van der Waals surface area (Å²) in [6.07, 6.45) is 1.71. The molecule has 2 aliphatic heterocycles. The van der Waals surface area contributed by atoms with Crippen LogP contribution < -0.4 is 0 Å². The fraction of sp³-hybridized carbons (Fsp3) is 0.125. The largest absolute Gasteiger partial charge is 0.293 e. The standard InChI is InChI=1S/C32H20BrClN2O3/c33-21-13-9-18(10-14-21)26-27(28(37)19-11-15-22(34)16-12-19)36-29(23-6-2-1-5-20(23)17-35-36)32(26)30(38)24-7-3-4-8-25(24)31(32)39/h1-17,26-27,29H/t26-,27-,29+/m1/s1. The van der Waals surface area contributed by atoms with Gasteiger partial charge in [-0.05, 0) is 53.1 Å². The maximum atomic E-state index is 14.7. The van der Waals surface area contributed by atoms with Crippen molar-refractivity contribution < 1.29 is 14.4 Å². The van der Waals surface area contributed by atoms with E-state index in [-0.39, 0.29) is 17.3 Å². The lowest BCUT2D eigenvalue weighted by Crippen LogP contribution is -2.43. The van der Waals surface area contributed by atoms with E-state index in [1.807, 2.05) is 48.5 Å². The summed E-state index contributed by atoms with van der Waals surface area (Å²) in [5, 5.41) is 6.98. The second-order valence-corrected chi connectivity index (χ2v) is 11.4. The Bertz CT molecular complexity index is 1680. The Morgan fingerprint density at radius 1 is 0.821 bits per heavy atom. The normalized spacial score (nSPS) is 22.1. The average molecular weight is 596 g/mol. The summed E-state index contributed by atoms with van der Waals surface area (Å²) < 4.78 is 0.854. The number of nitrogens with zero attached hydrogens (tertiary/aromatic N) is 2. The number of rotatable bonds is 3. The van der Waals surface area contributed by atoms with Crippen LogP contribution in [0.5, 0.6) is 0 Å². The van der Waals surface area contributed by atoms with E-state index in [4.69, 9.17) is 16.7 Å². The first-order valence-corrected chi connectivity index (χ1v) is 13.7. The first-order valence-electron chi connectivity index (χ1n) is 12.6. The van der Waals surface area contributed by atoms with Crippen molar-refractivity contribution in [3.8, 4) is 0 Å². The predicted molar refractivity (Wildman–Crippen MR) is 153 cm³/mol. The molecule has 1 spiro atoms. The number of benzene rings is 4. The number of hydrogen-bond donors (Lipinski definition) is 0. The molecule has 0 N–H and O–H groups in total. The highest BCUT2D eigenvalue weighted by atomic mass is 79.9. The van der Waals surface area contributed by atoms with Gasteiger partial charge in [0.05, 0.1) is 12.3 Å². The molecule has 5 nitrogen and oxygen atoms in total. The van der Waals surface area contributed by atoms with Crippen LogP contribution in [0, 0.1) is 5.41 Å². The molecule has 7 rings (SSSR count). The molecule has 3 aliphatic rings. The molecule has 0 unspecified atom stereocenters. The van der Waals surface area contributed by atoms with Crippen molar-refractivity contribution in [2.45, 2.75) is 18.0 Å². The van der Waals surface area contributed by atoms with E-state index in [1.165, 1.54) is 0 Å². The lowest BCUT2D eigenvalue weighted by Gasteiger charge is -2.36. The van der Waals surface area contributed by atoms with Gasteiger partial charge in [-0.1, -0.05) is 88.2 Å². The third kappa shape index (κ3) is 3.31. The third-order valence-electron chi connectivity index (χ3n) is 8.20. The maximum absolute atomic E-state index is 14.7. The molecule has 0 radical (unpaired) electrons. The smallest absolute Gasteiger partial charge is 0.187 e. The van der Waals surface area contributed by atoms with Crippen molar-refractivity contribution in [1.82, 2.24) is 5.01 Å². The third-order valence-corrected chi connectivity index (χ3v) is 8.98. The SMILES string of the molecule is O=C(c1ccc(Cl)cc1)[C@H]1[C@@H](c2ccc(Br)cc2)C2(C(=O)c3ccccc3C2=O)[C@@H]2c3ccccc3C=NN21. The molecular weight excluding hydrogens is 576 g/mol. The minimum absolute atomic E-state index is 0.227. The molecule has 1 saturated heterocycles. The first kappa shape index (κ1) is 24.2. The van der Waals surface area contributed by atoms with Gasteiger partial charge in [0.25, 0.3) is 0 Å². The number of hydrogen-bond acceptors (Lipinski definition) is 5. The molecule has 7 heteroatoms. The van der Waals surface area contributed by atoms with E-state index in [0.29, 0.717) is 21.7 Å². The van der Waals surface area contributed by atoms with E-state index in [0.717, 1.165) is 21.2 Å². The van der Waals surface area contributed by atoms with Gasteiger partial charge in [-0.25, -0.2) is 0 Å². The van der Waals surface area contributed by atoms with Crippen LogP contribution in [-0.2, 0) is 0 Å². The van der Waals surface area contributed by atoms with Crippen molar-refractivity contribution in [3.63, 3.8) is 0 Å². The summed E-state index contributed by atoms with van der Waals surface area (Å²) in [4.78, 5) is 43.7. The molecule has 4 aromatic rings. The lowest BCUT2D eigenvalue weighted by molar-refractivity contribution is 0.0586. The summed E-state index contributed by atoms with van der Waals surface area (Å²) >= 11 is 9.63. The molecule has 190 valence electrons. The fourth-order valence-electron chi connectivity index (χ4n) is 6.60. The highest BCUT2D eigenvalue weighted by Crippen LogP contribution is 2.64. The zero-order valence-corrected chi connectivity index (χ0v) is 22.8. The van der Waals surface area contributed by atoms with Crippen LogP contribution >= 0.6 is 27.5 Å². The van der Waals surface area contributed by atoms with Crippen molar-refractivity contribution >= 4 is 51.1 Å². The quantitative estimate of drug-likeness (QED) is 0.191. The van der Waals surface area contributed by atoms with Crippen LogP contribution in [0.15, 0.2) is 107 Å². The van der Waals surface area contributed by atoms with E-state index >= 15 is 0 Å². The fourth-order valence-corrected chi connectivity index (χ4v) is 6.99. The predicted octanol–water partition coefficient (Wildman–Crippen LogP) is 6.91. The number of carbonyl (C=O) groups is 3. The van der Waals surface area contributed by atoms with Crippen LogP contribution in [0.2, 0.25) is 5.02 Å². The summed E-state index contributed by atoms with van der Waals surface area (Å²) in [7, 11) is 0. The van der Waals surface area contributed by atoms with Crippen LogP contribution in [0.3, 0.4) is 0 Å². The highest BCUT2D eigenvalue weighted by Gasteiger charge is 2.72. The van der Waals surface area contributed by atoms with E-state index in [1.54, 1.807) is 59.8 Å². The van der Waals surface area contributed by atoms with E-state index < -0.39 is 23.4 Å². The number of fused-ring (bicyclic) bond motifs is 5. The minimum atomic E-state index is -1.59. The number of ketones is 3. The Balaban J connectivity index is 1.55. The summed E-state index contributed by atoms with van der Waals surface area (Å²) in [5.74, 6) is -1.57. The Hall–Kier alpha value is -3.87. The number of Topliss-reactive ketones (excluding diaryl/α,β-unsaturated/α-hetero) is 3. The second-order valence-electron chi connectivity index (χ2n) is 10.1. The van der Waals surface area contributed by atoms with Gasteiger partial charge in [-0.2, -0.15) is 5.10 Å². The number of carbonyl (C=O) groups excluding carboxylic acids is 3. The van der Waals surface area contributed by atoms with Crippen LogP contribution in [0.4, 0.5) is 0 Å². The van der Waals surface area contributed by atoms with Gasteiger partial charge in [-0.15, -0.1) is 0 Å². The molecule has 1 fully saturated rings. The van der Waals surface area contributed by atoms with Crippen molar-refractivity contribution in [2.24, 2.45) is 10.5 Å². The van der Waals surface area contributed by atoms with Gasteiger partial charge < -0.3 is 0 Å². The van der Waals surface area contributed by atoms with Crippen molar-refractivity contribution in [3.05, 3.63) is 140 Å². The minimum Gasteiger partial charge on any atom is -0.293 e. The Kier molecular flexibility index (Phi) is 5.48. The van der Waals surface area contributed by atoms with Crippen molar-refractivity contribution in [2.75, 3.05) is 0 Å². The monoisotopic (exact) mass is 594 g/mol. The summed E-state index contributed by atoms with van der Waals surface area (Å²) in [6.45, 7) is 0. The van der Waals surface area contributed by atoms with Gasteiger partial charge in [0, 0.05) is 32.1 Å². The van der Waals surface area contributed by atoms with Crippen LogP contribution in [0.25, 0.3) is 0 Å². The molecule has 0 bridgehead atoms. The molecule has 0 aromatic heterocycles. The number of hydrazone groups is 1. The average Bonchev–Trinajstić information content (AvgIpc) is 3.40. The zero-order valence-electron chi connectivity index (χ0n) is 20.4. The number of halogens is 2. The molecular formula is C32H20BrClN2O3. The molecule has 39 heavy (non-hydrogen) atoms. The Morgan fingerprint density at radius 3 is 2.10 bits per heavy atom. The van der Waals surface area contributed by atoms with Crippen LogP contribution in [0.1, 0.15) is 59.7 Å². The van der Waals surface area contributed by atoms with Gasteiger partial charge in [0.1, 0.15) is 11.5 Å². The highest BCUT2D eigenvalue weighted by molar-refractivity contribution is 9.10. The second kappa shape index (κ2) is 8.83.